The first-order chi connectivity index (χ1) is 9.17. The maximum Gasteiger partial charge on any atom is 0.225 e. The summed E-state index contributed by atoms with van der Waals surface area (Å²) >= 11 is 0. The summed E-state index contributed by atoms with van der Waals surface area (Å²) in [5, 5.41) is 6.40. The number of ether oxygens (including phenoxy) is 1. The van der Waals surface area contributed by atoms with Crippen LogP contribution in [0.15, 0.2) is 34.9 Å². The summed E-state index contributed by atoms with van der Waals surface area (Å²) in [6.45, 7) is 1.78. The Morgan fingerprint density at radius 2 is 2.11 bits per heavy atom. The number of hydrogen-bond acceptors (Lipinski definition) is 4. The van der Waals surface area contributed by atoms with E-state index < -0.39 is 0 Å². The number of carbonyl (C=O) groups is 1. The summed E-state index contributed by atoms with van der Waals surface area (Å²) in [6, 6.07) is 9.35. The number of aryl methyl sites for hydroxylation is 2. The fourth-order valence-corrected chi connectivity index (χ4v) is 1.68. The molecule has 2 rings (SSSR count). The molecular weight excluding hydrogens is 244 g/mol. The van der Waals surface area contributed by atoms with E-state index in [1.54, 1.807) is 20.1 Å². The molecule has 100 valence electrons. The molecule has 0 aliphatic rings. The number of hydrogen-bond donors (Lipinski definition) is 1. The fourth-order valence-electron chi connectivity index (χ4n) is 1.68. The van der Waals surface area contributed by atoms with Gasteiger partial charge in [-0.15, -0.1) is 0 Å². The van der Waals surface area contributed by atoms with Gasteiger partial charge in [0.1, 0.15) is 11.5 Å². The van der Waals surface area contributed by atoms with Crippen molar-refractivity contribution in [1.82, 2.24) is 5.16 Å². The quantitative estimate of drug-likeness (QED) is 0.897. The fraction of sp³-hybridized carbons (Fsp3) is 0.286. The van der Waals surface area contributed by atoms with Crippen LogP contribution in [0.25, 0.3) is 0 Å². The van der Waals surface area contributed by atoms with Gasteiger partial charge in [-0.1, -0.05) is 17.3 Å². The van der Waals surface area contributed by atoms with Gasteiger partial charge in [-0.2, -0.15) is 0 Å². The molecule has 0 atom stereocenters. The maximum absolute atomic E-state index is 11.7. The molecule has 0 spiro atoms. The molecule has 5 heteroatoms. The van der Waals surface area contributed by atoms with E-state index in [0.29, 0.717) is 24.4 Å². The molecule has 0 unspecified atom stereocenters. The van der Waals surface area contributed by atoms with E-state index in [0.717, 1.165) is 11.3 Å². The summed E-state index contributed by atoms with van der Waals surface area (Å²) in [7, 11) is 1.63. The van der Waals surface area contributed by atoms with Crippen LogP contribution in [0.2, 0.25) is 0 Å². The number of methoxy groups -OCH3 is 1. The first kappa shape index (κ1) is 13.1. The molecule has 0 aliphatic heterocycles. The average Bonchev–Trinajstić information content (AvgIpc) is 2.82. The highest BCUT2D eigenvalue weighted by atomic mass is 16.5. The van der Waals surface area contributed by atoms with Crippen molar-refractivity contribution in [2.75, 3.05) is 12.4 Å². The first-order valence-corrected chi connectivity index (χ1v) is 6.03. The molecule has 1 amide bonds. The normalized spacial score (nSPS) is 10.2. The zero-order chi connectivity index (χ0) is 13.7. The Hall–Kier alpha value is -2.30. The van der Waals surface area contributed by atoms with Crippen molar-refractivity contribution in [3.05, 3.63) is 41.7 Å². The predicted molar refractivity (Wildman–Crippen MR) is 71.2 cm³/mol. The zero-order valence-corrected chi connectivity index (χ0v) is 11.0. The molecule has 0 saturated heterocycles. The van der Waals surface area contributed by atoms with Gasteiger partial charge in [-0.3, -0.25) is 4.79 Å². The van der Waals surface area contributed by atoms with E-state index in [4.69, 9.17) is 9.26 Å². The molecule has 1 N–H and O–H groups in total. The van der Waals surface area contributed by atoms with Gasteiger partial charge in [-0.05, 0) is 31.0 Å². The molecule has 0 fully saturated rings. The van der Waals surface area contributed by atoms with Crippen LogP contribution >= 0.6 is 0 Å². The van der Waals surface area contributed by atoms with Crippen molar-refractivity contribution in [2.24, 2.45) is 0 Å². The van der Waals surface area contributed by atoms with E-state index >= 15 is 0 Å². The number of benzene rings is 1. The number of carbonyl (C=O) groups excluding carboxylic acids is 1. The highest BCUT2D eigenvalue weighted by molar-refractivity contribution is 5.89. The van der Waals surface area contributed by atoms with Gasteiger partial charge in [0.05, 0.1) is 7.11 Å². The highest BCUT2D eigenvalue weighted by Gasteiger charge is 2.06. The second-order valence-corrected chi connectivity index (χ2v) is 4.22. The van der Waals surface area contributed by atoms with Gasteiger partial charge < -0.3 is 14.6 Å². The van der Waals surface area contributed by atoms with E-state index in [2.05, 4.69) is 10.5 Å². The Morgan fingerprint density at radius 3 is 2.68 bits per heavy atom. The summed E-state index contributed by atoms with van der Waals surface area (Å²) < 4.78 is 9.95. The minimum atomic E-state index is -0.0795. The van der Waals surface area contributed by atoms with E-state index in [1.165, 1.54) is 0 Å². The molecule has 1 aromatic heterocycles. The Morgan fingerprint density at radius 1 is 1.37 bits per heavy atom. The van der Waals surface area contributed by atoms with Gasteiger partial charge in [0.25, 0.3) is 0 Å². The Labute approximate surface area is 111 Å². The predicted octanol–water partition coefficient (Wildman–Crippen LogP) is 2.56. The first-order valence-electron chi connectivity index (χ1n) is 6.03. The SMILES string of the molecule is COc1ccc(CCC(=O)Nc2cc(C)on2)cc1. The van der Waals surface area contributed by atoms with Crippen LogP contribution in [-0.4, -0.2) is 18.2 Å². The zero-order valence-electron chi connectivity index (χ0n) is 11.0. The van der Waals surface area contributed by atoms with Crippen molar-refractivity contribution in [3.8, 4) is 5.75 Å². The van der Waals surface area contributed by atoms with Crippen molar-refractivity contribution in [1.29, 1.82) is 0 Å². The summed E-state index contributed by atoms with van der Waals surface area (Å²) in [6.07, 6.45) is 1.07. The molecule has 2 aromatic rings. The van der Waals surface area contributed by atoms with Gasteiger partial charge >= 0.3 is 0 Å². The third kappa shape index (κ3) is 3.84. The average molecular weight is 260 g/mol. The van der Waals surface area contributed by atoms with Gasteiger partial charge in [0.2, 0.25) is 5.91 Å². The van der Waals surface area contributed by atoms with Crippen LogP contribution in [0.3, 0.4) is 0 Å². The van der Waals surface area contributed by atoms with Crippen molar-refractivity contribution >= 4 is 11.7 Å². The second kappa shape index (κ2) is 6.04. The molecular formula is C14H16N2O3. The third-order valence-corrected chi connectivity index (χ3v) is 2.70. The van der Waals surface area contributed by atoms with Gasteiger partial charge in [0.15, 0.2) is 5.82 Å². The van der Waals surface area contributed by atoms with Crippen molar-refractivity contribution in [2.45, 2.75) is 19.8 Å². The van der Waals surface area contributed by atoms with Crippen LogP contribution < -0.4 is 10.1 Å². The third-order valence-electron chi connectivity index (χ3n) is 2.70. The maximum atomic E-state index is 11.7. The van der Waals surface area contributed by atoms with Crippen molar-refractivity contribution < 1.29 is 14.1 Å². The molecule has 19 heavy (non-hydrogen) atoms. The Kier molecular flexibility index (Phi) is 4.18. The Bertz CT molecular complexity index is 546. The van der Waals surface area contributed by atoms with E-state index in [9.17, 15) is 4.79 Å². The molecule has 1 heterocycles. The molecule has 0 bridgehead atoms. The van der Waals surface area contributed by atoms with Gasteiger partial charge in [0, 0.05) is 12.5 Å². The van der Waals surface area contributed by atoms with Crippen LogP contribution in [-0.2, 0) is 11.2 Å². The lowest BCUT2D eigenvalue weighted by atomic mass is 10.1. The standard InChI is InChI=1S/C14H16N2O3/c1-10-9-13(16-19-10)15-14(17)8-5-11-3-6-12(18-2)7-4-11/h3-4,6-7,9H,5,8H2,1-2H3,(H,15,16,17). The molecule has 0 radical (unpaired) electrons. The number of rotatable bonds is 5. The van der Waals surface area contributed by atoms with Crippen LogP contribution in [0.4, 0.5) is 5.82 Å². The molecule has 0 saturated carbocycles. The second-order valence-electron chi connectivity index (χ2n) is 4.22. The molecule has 0 aliphatic carbocycles. The topological polar surface area (TPSA) is 64.4 Å². The molecule has 5 nitrogen and oxygen atoms in total. The summed E-state index contributed by atoms with van der Waals surface area (Å²) in [4.78, 5) is 11.7. The number of nitrogens with one attached hydrogen (secondary N) is 1. The molecule has 1 aromatic carbocycles. The smallest absolute Gasteiger partial charge is 0.225 e. The van der Waals surface area contributed by atoms with Crippen LogP contribution in [0.5, 0.6) is 5.75 Å². The van der Waals surface area contributed by atoms with E-state index in [1.807, 2.05) is 24.3 Å². The number of nitrogens with zero attached hydrogens (tertiary/aromatic N) is 1. The lowest BCUT2D eigenvalue weighted by Crippen LogP contribution is -2.12. The lowest BCUT2D eigenvalue weighted by molar-refractivity contribution is -0.116. The summed E-state index contributed by atoms with van der Waals surface area (Å²) in [5.41, 5.74) is 1.09. The largest absolute Gasteiger partial charge is 0.497 e. The minimum Gasteiger partial charge on any atom is -0.497 e. The number of amides is 1. The highest BCUT2D eigenvalue weighted by Crippen LogP contribution is 2.13. The Balaban J connectivity index is 1.82. The monoisotopic (exact) mass is 260 g/mol. The number of aromatic nitrogens is 1. The number of anilines is 1. The van der Waals surface area contributed by atoms with E-state index in [-0.39, 0.29) is 5.91 Å². The van der Waals surface area contributed by atoms with Crippen LogP contribution in [0.1, 0.15) is 17.7 Å². The lowest BCUT2D eigenvalue weighted by Gasteiger charge is -2.03. The van der Waals surface area contributed by atoms with Crippen LogP contribution in [0, 0.1) is 6.92 Å². The van der Waals surface area contributed by atoms with Crippen molar-refractivity contribution in [3.63, 3.8) is 0 Å². The summed E-state index contributed by atoms with van der Waals surface area (Å²) in [5.74, 6) is 1.86. The van der Waals surface area contributed by atoms with Gasteiger partial charge in [-0.25, -0.2) is 0 Å². The minimum absolute atomic E-state index is 0.0795.